The van der Waals surface area contributed by atoms with Gasteiger partial charge in [-0.3, -0.25) is 0 Å². The zero-order chi connectivity index (χ0) is 17.6. The molecule has 0 unspecified atom stereocenters. The number of para-hydroxylation sites is 1. The smallest absolute Gasteiger partial charge is 0.171 e. The second kappa shape index (κ2) is 8.22. The largest absolute Gasteiger partial charge is 0.378 e. The van der Waals surface area contributed by atoms with Crippen LogP contribution in [0.25, 0.3) is 0 Å². The third kappa shape index (κ3) is 4.64. The van der Waals surface area contributed by atoms with Crippen LogP contribution in [0.5, 0.6) is 0 Å². The first-order valence-corrected chi connectivity index (χ1v) is 8.45. The average molecular weight is 363 g/mol. The molecule has 4 nitrogen and oxygen atoms in total. The fraction of sp³-hybridized carbons (Fsp3) is 0.278. The predicted octanol–water partition coefficient (Wildman–Crippen LogP) is 3.29. The molecule has 0 aliphatic carbocycles. The molecule has 0 amide bonds. The fourth-order valence-corrected chi connectivity index (χ4v) is 2.78. The molecule has 1 saturated heterocycles. The Morgan fingerprint density at radius 2 is 1.68 bits per heavy atom. The van der Waals surface area contributed by atoms with Crippen LogP contribution >= 0.6 is 12.2 Å². The molecule has 3 rings (SSSR count). The lowest BCUT2D eigenvalue weighted by Gasteiger charge is -2.28. The van der Waals surface area contributed by atoms with Gasteiger partial charge < -0.3 is 20.3 Å². The van der Waals surface area contributed by atoms with Gasteiger partial charge in [-0.1, -0.05) is 18.2 Å². The van der Waals surface area contributed by atoms with Gasteiger partial charge in [-0.05, 0) is 42.0 Å². The van der Waals surface area contributed by atoms with E-state index in [1.54, 1.807) is 0 Å². The number of benzene rings is 2. The first kappa shape index (κ1) is 17.6. The summed E-state index contributed by atoms with van der Waals surface area (Å²) >= 11 is 5.10. The van der Waals surface area contributed by atoms with Crippen molar-refractivity contribution in [2.75, 3.05) is 36.5 Å². The maximum Gasteiger partial charge on any atom is 0.171 e. The molecule has 132 valence electrons. The molecular weight excluding hydrogens is 344 g/mol. The molecule has 2 aromatic carbocycles. The van der Waals surface area contributed by atoms with E-state index in [1.165, 1.54) is 18.2 Å². The first-order chi connectivity index (χ1) is 12.1. The van der Waals surface area contributed by atoms with E-state index >= 15 is 0 Å². The normalized spacial score (nSPS) is 14.2. The maximum atomic E-state index is 13.6. The minimum atomic E-state index is -0.681. The van der Waals surface area contributed by atoms with Crippen LogP contribution in [-0.2, 0) is 11.3 Å². The number of hydrogen-bond donors (Lipinski definition) is 2. The third-order valence-corrected chi connectivity index (χ3v) is 4.21. The van der Waals surface area contributed by atoms with Crippen LogP contribution in [0, 0.1) is 11.6 Å². The van der Waals surface area contributed by atoms with Gasteiger partial charge in [0.25, 0.3) is 0 Å². The van der Waals surface area contributed by atoms with Crippen LogP contribution in [0.1, 0.15) is 5.56 Å². The van der Waals surface area contributed by atoms with Crippen molar-refractivity contribution in [3.63, 3.8) is 0 Å². The summed E-state index contributed by atoms with van der Waals surface area (Å²) in [6, 6.07) is 11.8. The average Bonchev–Trinajstić information content (AvgIpc) is 2.64. The summed E-state index contributed by atoms with van der Waals surface area (Å²) in [5.41, 5.74) is 1.93. The summed E-state index contributed by atoms with van der Waals surface area (Å²) in [4.78, 5) is 2.27. The molecule has 1 aliphatic rings. The Morgan fingerprint density at radius 3 is 2.32 bits per heavy atom. The van der Waals surface area contributed by atoms with Crippen molar-refractivity contribution in [2.24, 2.45) is 0 Å². The monoisotopic (exact) mass is 363 g/mol. The van der Waals surface area contributed by atoms with Crippen molar-refractivity contribution in [1.82, 2.24) is 5.32 Å². The fourth-order valence-electron chi connectivity index (χ4n) is 2.60. The summed E-state index contributed by atoms with van der Waals surface area (Å²) < 4.78 is 32.5. The van der Waals surface area contributed by atoms with E-state index in [9.17, 15) is 8.78 Å². The number of rotatable bonds is 4. The molecule has 0 atom stereocenters. The van der Waals surface area contributed by atoms with Gasteiger partial charge in [-0.2, -0.15) is 0 Å². The third-order valence-electron chi connectivity index (χ3n) is 3.97. The number of nitrogens with zero attached hydrogens (tertiary/aromatic N) is 1. The Morgan fingerprint density at radius 1 is 1.04 bits per heavy atom. The topological polar surface area (TPSA) is 36.5 Å². The highest BCUT2D eigenvalue weighted by molar-refractivity contribution is 7.80. The molecule has 25 heavy (non-hydrogen) atoms. The van der Waals surface area contributed by atoms with E-state index in [2.05, 4.69) is 27.7 Å². The van der Waals surface area contributed by atoms with E-state index in [-0.39, 0.29) is 10.8 Å². The highest BCUT2D eigenvalue weighted by atomic mass is 32.1. The van der Waals surface area contributed by atoms with E-state index in [0.29, 0.717) is 6.54 Å². The predicted molar refractivity (Wildman–Crippen MR) is 98.9 cm³/mol. The van der Waals surface area contributed by atoms with Gasteiger partial charge in [0.2, 0.25) is 0 Å². The van der Waals surface area contributed by atoms with Gasteiger partial charge in [0.15, 0.2) is 5.11 Å². The number of nitrogens with one attached hydrogen (secondary N) is 2. The van der Waals surface area contributed by atoms with Gasteiger partial charge in [-0.15, -0.1) is 0 Å². The van der Waals surface area contributed by atoms with E-state index < -0.39 is 11.6 Å². The summed E-state index contributed by atoms with van der Waals surface area (Å²) in [7, 11) is 0. The quantitative estimate of drug-likeness (QED) is 0.816. The van der Waals surface area contributed by atoms with Crippen molar-refractivity contribution in [2.45, 2.75) is 6.54 Å². The zero-order valence-corrected chi connectivity index (χ0v) is 14.4. The molecule has 0 saturated carbocycles. The highest BCUT2D eigenvalue weighted by Crippen LogP contribution is 2.18. The van der Waals surface area contributed by atoms with Gasteiger partial charge in [0, 0.05) is 25.3 Å². The van der Waals surface area contributed by atoms with Crippen molar-refractivity contribution >= 4 is 28.7 Å². The minimum Gasteiger partial charge on any atom is -0.378 e. The van der Waals surface area contributed by atoms with Crippen LogP contribution in [0.4, 0.5) is 20.2 Å². The van der Waals surface area contributed by atoms with E-state index in [4.69, 9.17) is 17.0 Å². The molecule has 0 radical (unpaired) electrons. The van der Waals surface area contributed by atoms with Crippen molar-refractivity contribution in [3.05, 3.63) is 59.7 Å². The molecule has 1 aliphatic heterocycles. The van der Waals surface area contributed by atoms with Gasteiger partial charge in [0.1, 0.15) is 17.3 Å². The molecule has 2 aromatic rings. The SMILES string of the molecule is Fc1cccc(F)c1NC(=S)NCc1ccc(N2CCOCC2)cc1. The molecule has 0 spiro atoms. The minimum absolute atomic E-state index is 0.168. The van der Waals surface area contributed by atoms with Crippen molar-refractivity contribution in [3.8, 4) is 0 Å². The number of anilines is 2. The van der Waals surface area contributed by atoms with Gasteiger partial charge >= 0.3 is 0 Å². The number of halogens is 2. The Hall–Kier alpha value is -2.25. The molecule has 2 N–H and O–H groups in total. The van der Waals surface area contributed by atoms with Crippen LogP contribution in [0.2, 0.25) is 0 Å². The molecule has 1 fully saturated rings. The summed E-state index contributed by atoms with van der Waals surface area (Å²) in [5, 5.41) is 5.68. The van der Waals surface area contributed by atoms with Crippen LogP contribution in [-0.4, -0.2) is 31.4 Å². The lowest BCUT2D eigenvalue weighted by molar-refractivity contribution is 0.122. The van der Waals surface area contributed by atoms with Gasteiger partial charge in [-0.25, -0.2) is 8.78 Å². The summed E-state index contributed by atoms with van der Waals surface area (Å²) in [5.74, 6) is -1.36. The molecule has 7 heteroatoms. The van der Waals surface area contributed by atoms with Crippen molar-refractivity contribution in [1.29, 1.82) is 0 Å². The Balaban J connectivity index is 1.53. The van der Waals surface area contributed by atoms with Crippen LogP contribution in [0.3, 0.4) is 0 Å². The summed E-state index contributed by atoms with van der Waals surface area (Å²) in [6.07, 6.45) is 0. The highest BCUT2D eigenvalue weighted by Gasteiger charge is 2.11. The number of hydrogen-bond acceptors (Lipinski definition) is 3. The maximum absolute atomic E-state index is 13.6. The Kier molecular flexibility index (Phi) is 5.78. The first-order valence-electron chi connectivity index (χ1n) is 8.04. The Labute approximate surface area is 150 Å². The van der Waals surface area contributed by atoms with Crippen LogP contribution in [0.15, 0.2) is 42.5 Å². The number of morpholine rings is 1. The Bertz CT molecular complexity index is 713. The summed E-state index contributed by atoms with van der Waals surface area (Å²) in [6.45, 7) is 3.73. The second-order valence-electron chi connectivity index (χ2n) is 5.67. The lowest BCUT2D eigenvalue weighted by Crippen LogP contribution is -2.36. The standard InChI is InChI=1S/C18H19F2N3OS/c19-15-2-1-3-16(20)17(15)22-18(25)21-12-13-4-6-14(7-5-13)23-8-10-24-11-9-23/h1-7H,8-12H2,(H2,21,22,25). The van der Waals surface area contributed by atoms with E-state index in [0.717, 1.165) is 37.6 Å². The van der Waals surface area contributed by atoms with Crippen molar-refractivity contribution < 1.29 is 13.5 Å². The van der Waals surface area contributed by atoms with E-state index in [1.807, 2.05) is 12.1 Å². The number of ether oxygens (including phenoxy) is 1. The molecule has 0 aromatic heterocycles. The van der Waals surface area contributed by atoms with Gasteiger partial charge in [0.05, 0.1) is 13.2 Å². The second-order valence-corrected chi connectivity index (χ2v) is 6.08. The zero-order valence-electron chi connectivity index (χ0n) is 13.6. The van der Waals surface area contributed by atoms with Crippen LogP contribution < -0.4 is 15.5 Å². The molecule has 0 bridgehead atoms. The molecular formula is C18H19F2N3OS. The molecule has 1 heterocycles. The number of thiocarbonyl (C=S) groups is 1. The lowest BCUT2D eigenvalue weighted by atomic mass is 10.2.